The van der Waals surface area contributed by atoms with Gasteiger partial charge in [-0.2, -0.15) is 0 Å². The van der Waals surface area contributed by atoms with Crippen molar-refractivity contribution in [2.24, 2.45) is 0 Å². The first-order chi connectivity index (χ1) is 13.9. The Morgan fingerprint density at radius 2 is 1.43 bits per heavy atom. The topological polar surface area (TPSA) is 105 Å². The summed E-state index contributed by atoms with van der Waals surface area (Å²) >= 11 is 0. The molecule has 0 aliphatic carbocycles. The standard InChI is InChI=1S/C21H31N3O6/c1-7-15(25)29-11-9-23-17(27)21(22-18(23)28)13-19(3,4)24(20(5,6)14-21)10-12-30-16(26)8-2/h7-8H,1-2,9-14H2,3-6H3,(H,22,28). The number of carbonyl (C=O) groups excluding carboxylic acids is 4. The van der Waals surface area contributed by atoms with Crippen molar-refractivity contribution < 1.29 is 28.7 Å². The summed E-state index contributed by atoms with van der Waals surface area (Å²) < 4.78 is 10.0. The Morgan fingerprint density at radius 1 is 0.967 bits per heavy atom. The van der Waals surface area contributed by atoms with E-state index in [1.807, 2.05) is 27.7 Å². The zero-order valence-electron chi connectivity index (χ0n) is 18.2. The lowest BCUT2D eigenvalue weighted by Crippen LogP contribution is -2.70. The molecular formula is C21H31N3O6. The van der Waals surface area contributed by atoms with Crippen LogP contribution in [0.15, 0.2) is 25.3 Å². The van der Waals surface area contributed by atoms with Crippen molar-refractivity contribution in [2.75, 3.05) is 26.3 Å². The number of piperidine rings is 1. The van der Waals surface area contributed by atoms with Crippen LogP contribution in [0.4, 0.5) is 4.79 Å². The molecule has 0 radical (unpaired) electrons. The predicted octanol–water partition coefficient (Wildman–Crippen LogP) is 1.39. The van der Waals surface area contributed by atoms with Gasteiger partial charge in [0.2, 0.25) is 0 Å². The zero-order valence-corrected chi connectivity index (χ0v) is 18.2. The molecule has 0 bridgehead atoms. The fourth-order valence-corrected chi connectivity index (χ4v) is 4.87. The molecule has 0 aromatic heterocycles. The maximum atomic E-state index is 13.2. The number of nitrogens with one attached hydrogen (secondary N) is 1. The first-order valence-electron chi connectivity index (χ1n) is 9.89. The maximum Gasteiger partial charge on any atom is 0.330 e. The van der Waals surface area contributed by atoms with E-state index in [0.717, 1.165) is 17.1 Å². The van der Waals surface area contributed by atoms with Gasteiger partial charge in [-0.1, -0.05) is 13.2 Å². The second-order valence-corrected chi connectivity index (χ2v) is 8.84. The highest BCUT2D eigenvalue weighted by atomic mass is 16.5. The fraction of sp³-hybridized carbons (Fsp3) is 0.619. The van der Waals surface area contributed by atoms with E-state index in [0.29, 0.717) is 19.4 Å². The Hall–Kier alpha value is -2.68. The van der Waals surface area contributed by atoms with Gasteiger partial charge in [-0.3, -0.25) is 14.6 Å². The number of ether oxygens (including phenoxy) is 2. The number of imide groups is 1. The number of esters is 2. The Labute approximate surface area is 177 Å². The molecule has 9 nitrogen and oxygen atoms in total. The predicted molar refractivity (Wildman–Crippen MR) is 109 cm³/mol. The first kappa shape index (κ1) is 23.6. The average Bonchev–Trinajstić information content (AvgIpc) is 2.85. The molecule has 2 saturated heterocycles. The quantitative estimate of drug-likeness (QED) is 0.359. The Morgan fingerprint density at radius 3 is 1.90 bits per heavy atom. The SMILES string of the molecule is C=CC(=O)OCCN1C(=O)NC2(CC(C)(C)N(CCOC(=O)C=C)C(C)(C)C2)C1=O. The molecular weight excluding hydrogens is 390 g/mol. The molecule has 1 spiro atoms. The van der Waals surface area contributed by atoms with E-state index < -0.39 is 34.6 Å². The van der Waals surface area contributed by atoms with Gasteiger partial charge < -0.3 is 14.8 Å². The highest BCUT2D eigenvalue weighted by molar-refractivity contribution is 6.07. The van der Waals surface area contributed by atoms with Crippen LogP contribution in [-0.4, -0.2) is 76.6 Å². The number of amides is 3. The van der Waals surface area contributed by atoms with Crippen LogP contribution in [0.5, 0.6) is 0 Å². The number of hydrogen-bond donors (Lipinski definition) is 1. The van der Waals surface area contributed by atoms with Crippen molar-refractivity contribution in [3.8, 4) is 0 Å². The summed E-state index contributed by atoms with van der Waals surface area (Å²) in [5.74, 6) is -1.41. The molecule has 9 heteroatoms. The van der Waals surface area contributed by atoms with Gasteiger partial charge in [0.15, 0.2) is 0 Å². The minimum atomic E-state index is -1.04. The van der Waals surface area contributed by atoms with Crippen molar-refractivity contribution >= 4 is 23.9 Å². The number of urea groups is 1. The van der Waals surface area contributed by atoms with E-state index in [1.165, 1.54) is 0 Å². The van der Waals surface area contributed by atoms with E-state index in [9.17, 15) is 19.2 Å². The second kappa shape index (κ2) is 8.59. The van der Waals surface area contributed by atoms with E-state index in [-0.39, 0.29) is 25.7 Å². The molecule has 2 aliphatic heterocycles. The van der Waals surface area contributed by atoms with Crippen LogP contribution in [-0.2, 0) is 23.9 Å². The minimum absolute atomic E-state index is 0.0198. The maximum absolute atomic E-state index is 13.2. The van der Waals surface area contributed by atoms with Gasteiger partial charge in [0.25, 0.3) is 5.91 Å². The Bertz CT molecular complexity index is 740. The summed E-state index contributed by atoms with van der Waals surface area (Å²) in [6.07, 6.45) is 2.94. The lowest BCUT2D eigenvalue weighted by molar-refractivity contribution is -0.146. The van der Waals surface area contributed by atoms with Crippen molar-refractivity contribution in [3.05, 3.63) is 25.3 Å². The van der Waals surface area contributed by atoms with Crippen molar-refractivity contribution in [3.63, 3.8) is 0 Å². The highest BCUT2D eigenvalue weighted by Crippen LogP contribution is 2.45. The summed E-state index contributed by atoms with van der Waals surface area (Å²) in [5, 5.41) is 2.89. The summed E-state index contributed by atoms with van der Waals surface area (Å²) in [7, 11) is 0. The fourth-order valence-electron chi connectivity index (χ4n) is 4.87. The van der Waals surface area contributed by atoms with Crippen LogP contribution in [0.3, 0.4) is 0 Å². The molecule has 2 heterocycles. The molecule has 0 aromatic rings. The number of likely N-dealkylation sites (tertiary alicyclic amines) is 1. The average molecular weight is 421 g/mol. The molecule has 30 heavy (non-hydrogen) atoms. The van der Waals surface area contributed by atoms with E-state index >= 15 is 0 Å². The second-order valence-electron chi connectivity index (χ2n) is 8.84. The molecule has 0 atom stereocenters. The third-order valence-electron chi connectivity index (χ3n) is 5.63. The van der Waals surface area contributed by atoms with Gasteiger partial charge in [-0.25, -0.2) is 14.4 Å². The minimum Gasteiger partial charge on any atom is -0.461 e. The van der Waals surface area contributed by atoms with Gasteiger partial charge in [-0.15, -0.1) is 0 Å². The van der Waals surface area contributed by atoms with E-state index in [4.69, 9.17) is 9.47 Å². The van der Waals surface area contributed by atoms with Crippen LogP contribution >= 0.6 is 0 Å². The number of nitrogens with zero attached hydrogens (tertiary/aromatic N) is 2. The largest absolute Gasteiger partial charge is 0.461 e. The summed E-state index contributed by atoms with van der Waals surface area (Å²) in [6.45, 7) is 15.3. The van der Waals surface area contributed by atoms with Gasteiger partial charge in [-0.05, 0) is 40.5 Å². The Kier molecular flexibility index (Phi) is 6.76. The van der Waals surface area contributed by atoms with Gasteiger partial charge in [0, 0.05) is 29.8 Å². The summed E-state index contributed by atoms with van der Waals surface area (Å²) in [5.41, 5.74) is -1.96. The van der Waals surface area contributed by atoms with Gasteiger partial charge in [0.1, 0.15) is 18.8 Å². The number of carbonyl (C=O) groups is 4. The molecule has 2 rings (SSSR count). The van der Waals surface area contributed by atoms with Crippen molar-refractivity contribution in [1.29, 1.82) is 0 Å². The highest BCUT2D eigenvalue weighted by Gasteiger charge is 2.60. The van der Waals surface area contributed by atoms with Crippen LogP contribution in [0.25, 0.3) is 0 Å². The molecule has 166 valence electrons. The molecule has 0 saturated carbocycles. The third-order valence-corrected chi connectivity index (χ3v) is 5.63. The summed E-state index contributed by atoms with van der Waals surface area (Å²) in [4.78, 5) is 51.6. The number of hydrogen-bond acceptors (Lipinski definition) is 7. The third kappa shape index (κ3) is 4.72. The first-order valence-corrected chi connectivity index (χ1v) is 9.89. The van der Waals surface area contributed by atoms with Crippen LogP contribution in [0.2, 0.25) is 0 Å². The molecule has 2 fully saturated rings. The van der Waals surface area contributed by atoms with Crippen LogP contribution in [0, 0.1) is 0 Å². The molecule has 0 aromatic carbocycles. The van der Waals surface area contributed by atoms with Gasteiger partial charge in [0.05, 0.1) is 6.54 Å². The monoisotopic (exact) mass is 421 g/mol. The molecule has 2 aliphatic rings. The van der Waals surface area contributed by atoms with E-state index in [2.05, 4.69) is 23.4 Å². The lowest BCUT2D eigenvalue weighted by atomic mass is 9.69. The van der Waals surface area contributed by atoms with Crippen molar-refractivity contribution in [1.82, 2.24) is 15.1 Å². The zero-order chi connectivity index (χ0) is 22.7. The van der Waals surface area contributed by atoms with Gasteiger partial charge >= 0.3 is 18.0 Å². The van der Waals surface area contributed by atoms with Crippen molar-refractivity contribution in [2.45, 2.75) is 57.2 Å². The lowest BCUT2D eigenvalue weighted by Gasteiger charge is -2.57. The smallest absolute Gasteiger partial charge is 0.330 e. The van der Waals surface area contributed by atoms with Crippen LogP contribution < -0.4 is 5.32 Å². The summed E-state index contributed by atoms with van der Waals surface area (Å²) in [6, 6.07) is -0.491. The van der Waals surface area contributed by atoms with E-state index in [1.54, 1.807) is 0 Å². The molecule has 1 N–H and O–H groups in total. The normalized spacial score (nSPS) is 21.8. The molecule has 3 amide bonds. The van der Waals surface area contributed by atoms with Crippen LogP contribution in [0.1, 0.15) is 40.5 Å². The number of rotatable bonds is 8. The Balaban J connectivity index is 2.14. The molecule has 0 unspecified atom stereocenters.